The van der Waals surface area contributed by atoms with E-state index in [0.717, 1.165) is 32.5 Å². The minimum Gasteiger partial charge on any atom is -0.369 e. The second-order valence-electron chi connectivity index (χ2n) is 8.24. The number of nitrogens with zero attached hydrogens (tertiary/aromatic N) is 5. The van der Waals surface area contributed by atoms with Crippen LogP contribution in [0.5, 0.6) is 0 Å². The van der Waals surface area contributed by atoms with E-state index < -0.39 is 14.9 Å². The molecule has 0 N–H and O–H groups in total. The number of hydrogen-bond donors (Lipinski definition) is 0. The van der Waals surface area contributed by atoms with Gasteiger partial charge in [0.05, 0.1) is 9.82 Å². The molecule has 1 aromatic carbocycles. The highest BCUT2D eigenvalue weighted by molar-refractivity contribution is 7.89. The number of hydrogen-bond acceptors (Lipinski definition) is 7. The van der Waals surface area contributed by atoms with Crippen LogP contribution < -0.4 is 4.90 Å². The Labute approximate surface area is 173 Å². The quantitative estimate of drug-likeness (QED) is 0.501. The molecule has 9 nitrogen and oxygen atoms in total. The largest absolute Gasteiger partial charge is 0.369 e. The highest BCUT2D eigenvalue weighted by atomic mass is 32.2. The average molecular weight is 426 g/mol. The lowest BCUT2D eigenvalue weighted by atomic mass is 9.96. The third kappa shape index (κ3) is 5.06. The molecule has 1 aromatic rings. The van der Waals surface area contributed by atoms with Crippen molar-refractivity contribution < 1.29 is 13.3 Å². The summed E-state index contributed by atoms with van der Waals surface area (Å²) in [6, 6.07) is 4.30. The zero-order chi connectivity index (χ0) is 21.2. The average Bonchev–Trinajstić information content (AvgIpc) is 2.69. The lowest BCUT2D eigenvalue weighted by Gasteiger charge is -2.32. The van der Waals surface area contributed by atoms with Gasteiger partial charge in [0.2, 0.25) is 10.0 Å². The Bertz CT molecular complexity index is 831. The van der Waals surface area contributed by atoms with E-state index in [1.165, 1.54) is 16.4 Å². The lowest BCUT2D eigenvalue weighted by molar-refractivity contribution is -0.384. The fraction of sp³-hybridized carbons (Fsp3) is 0.684. The van der Waals surface area contributed by atoms with Gasteiger partial charge >= 0.3 is 0 Å². The molecule has 2 aliphatic rings. The van der Waals surface area contributed by atoms with E-state index in [9.17, 15) is 18.5 Å². The maximum absolute atomic E-state index is 13.0. The number of likely N-dealkylation sites (N-methyl/N-ethyl adjacent to an activating group) is 1. The van der Waals surface area contributed by atoms with E-state index in [1.807, 2.05) is 19.0 Å². The Morgan fingerprint density at radius 2 is 1.66 bits per heavy atom. The molecule has 0 spiro atoms. The molecule has 3 rings (SSSR count). The van der Waals surface area contributed by atoms with Crippen molar-refractivity contribution in [1.29, 1.82) is 0 Å². The first-order valence-corrected chi connectivity index (χ1v) is 11.5. The SMILES string of the molecule is CN1CCC(CN(C)c2ccc(S(=O)(=O)N3CCN(C)CC3)cc2[N+](=O)[O-])CC1. The summed E-state index contributed by atoms with van der Waals surface area (Å²) in [7, 11) is 2.15. The standard InChI is InChI=1S/C19H31N5O4S/c1-20-8-6-16(7-9-20)15-22(3)18-5-4-17(14-19(18)24(25)26)29(27,28)23-12-10-21(2)11-13-23/h4-5,14,16H,6-13,15H2,1-3H3. The number of benzene rings is 1. The van der Waals surface area contributed by atoms with E-state index in [0.29, 0.717) is 37.8 Å². The van der Waals surface area contributed by atoms with Gasteiger partial charge in [-0.3, -0.25) is 10.1 Å². The Balaban J connectivity index is 1.80. The van der Waals surface area contributed by atoms with Gasteiger partial charge in [0.1, 0.15) is 5.69 Å². The smallest absolute Gasteiger partial charge is 0.293 e. The number of rotatable bonds is 6. The van der Waals surface area contributed by atoms with Crippen LogP contribution >= 0.6 is 0 Å². The summed E-state index contributed by atoms with van der Waals surface area (Å²) in [5.41, 5.74) is 0.307. The predicted octanol–water partition coefficient (Wildman–Crippen LogP) is 1.31. The Morgan fingerprint density at radius 1 is 1.07 bits per heavy atom. The maximum atomic E-state index is 13.0. The third-order valence-electron chi connectivity index (χ3n) is 6.03. The Hall–Kier alpha value is -1.75. The molecule has 2 saturated heterocycles. The molecule has 162 valence electrons. The number of nitro groups is 1. The Kier molecular flexibility index (Phi) is 6.77. The summed E-state index contributed by atoms with van der Waals surface area (Å²) in [6.45, 7) is 4.87. The third-order valence-corrected chi connectivity index (χ3v) is 7.92. The van der Waals surface area contributed by atoms with Crippen molar-refractivity contribution in [2.45, 2.75) is 17.7 Å². The molecule has 0 bridgehead atoms. The van der Waals surface area contributed by atoms with Crippen LogP contribution in [0.2, 0.25) is 0 Å². The van der Waals surface area contributed by atoms with Crippen LogP contribution in [0.4, 0.5) is 11.4 Å². The summed E-state index contributed by atoms with van der Waals surface area (Å²) in [5.74, 6) is 0.476. The topological polar surface area (TPSA) is 90.2 Å². The van der Waals surface area contributed by atoms with Crippen LogP contribution in [0.3, 0.4) is 0 Å². The molecule has 0 atom stereocenters. The van der Waals surface area contributed by atoms with E-state index in [1.54, 1.807) is 6.07 Å². The molecule has 2 heterocycles. The zero-order valence-corrected chi connectivity index (χ0v) is 18.3. The van der Waals surface area contributed by atoms with Crippen LogP contribution in [0.1, 0.15) is 12.8 Å². The summed E-state index contributed by atoms with van der Waals surface area (Å²) < 4.78 is 27.3. The predicted molar refractivity (Wildman–Crippen MR) is 113 cm³/mol. The van der Waals surface area contributed by atoms with E-state index in [-0.39, 0.29) is 10.6 Å². The molecular weight excluding hydrogens is 394 g/mol. The summed E-state index contributed by atoms with van der Waals surface area (Å²) in [5, 5.41) is 11.7. The molecule has 0 amide bonds. The summed E-state index contributed by atoms with van der Waals surface area (Å²) >= 11 is 0. The molecule has 0 unspecified atom stereocenters. The van der Waals surface area contributed by atoms with Crippen LogP contribution in [0.15, 0.2) is 23.1 Å². The first-order chi connectivity index (χ1) is 13.7. The molecule has 0 radical (unpaired) electrons. The second-order valence-corrected chi connectivity index (χ2v) is 10.2. The number of anilines is 1. The molecule has 0 saturated carbocycles. The van der Waals surface area contributed by atoms with Crippen molar-refractivity contribution in [2.75, 3.05) is 71.9 Å². The molecule has 0 aliphatic carbocycles. The van der Waals surface area contributed by atoms with Crippen molar-refractivity contribution in [3.8, 4) is 0 Å². The van der Waals surface area contributed by atoms with Crippen LogP contribution in [0.25, 0.3) is 0 Å². The number of likely N-dealkylation sites (tertiary alicyclic amines) is 1. The van der Waals surface area contributed by atoms with Gasteiger partial charge in [-0.1, -0.05) is 0 Å². The summed E-state index contributed by atoms with van der Waals surface area (Å²) in [6.07, 6.45) is 2.12. The molecule has 2 fully saturated rings. The number of nitro benzene ring substituents is 1. The van der Waals surface area contributed by atoms with Crippen molar-refractivity contribution in [2.24, 2.45) is 5.92 Å². The molecule has 0 aromatic heterocycles. The minimum absolute atomic E-state index is 0.00908. The number of sulfonamides is 1. The monoisotopic (exact) mass is 425 g/mol. The van der Waals surface area contributed by atoms with E-state index in [2.05, 4.69) is 16.8 Å². The van der Waals surface area contributed by atoms with Crippen LogP contribution in [-0.2, 0) is 10.0 Å². The summed E-state index contributed by atoms with van der Waals surface area (Å²) in [4.78, 5) is 17.5. The Morgan fingerprint density at radius 3 is 2.24 bits per heavy atom. The van der Waals surface area contributed by atoms with Gasteiger partial charge in [-0.25, -0.2) is 8.42 Å². The van der Waals surface area contributed by atoms with Crippen molar-refractivity contribution >= 4 is 21.4 Å². The molecular formula is C19H31N5O4S. The fourth-order valence-electron chi connectivity index (χ4n) is 4.04. The van der Waals surface area contributed by atoms with E-state index in [4.69, 9.17) is 0 Å². The highest BCUT2D eigenvalue weighted by Gasteiger charge is 2.30. The molecule has 10 heteroatoms. The van der Waals surface area contributed by atoms with Gasteiger partial charge in [0.25, 0.3) is 5.69 Å². The van der Waals surface area contributed by atoms with Gasteiger partial charge in [-0.15, -0.1) is 0 Å². The van der Waals surface area contributed by atoms with Crippen LogP contribution in [0, 0.1) is 16.0 Å². The fourth-order valence-corrected chi connectivity index (χ4v) is 5.48. The lowest BCUT2D eigenvalue weighted by Crippen LogP contribution is -2.47. The van der Waals surface area contributed by atoms with Crippen molar-refractivity contribution in [1.82, 2.24) is 14.1 Å². The highest BCUT2D eigenvalue weighted by Crippen LogP contribution is 2.32. The second kappa shape index (κ2) is 8.95. The molecule has 2 aliphatic heterocycles. The van der Waals surface area contributed by atoms with Gasteiger partial charge in [-0.05, 0) is 58.1 Å². The molecule has 29 heavy (non-hydrogen) atoms. The number of piperazine rings is 1. The van der Waals surface area contributed by atoms with Gasteiger partial charge < -0.3 is 14.7 Å². The maximum Gasteiger partial charge on any atom is 0.293 e. The van der Waals surface area contributed by atoms with Crippen molar-refractivity contribution in [3.63, 3.8) is 0 Å². The van der Waals surface area contributed by atoms with Crippen LogP contribution in [-0.4, -0.2) is 94.4 Å². The van der Waals surface area contributed by atoms with Crippen molar-refractivity contribution in [3.05, 3.63) is 28.3 Å². The van der Waals surface area contributed by atoms with Gasteiger partial charge in [0, 0.05) is 45.8 Å². The zero-order valence-electron chi connectivity index (χ0n) is 17.5. The van der Waals surface area contributed by atoms with E-state index >= 15 is 0 Å². The van der Waals surface area contributed by atoms with Gasteiger partial charge in [0.15, 0.2) is 0 Å². The minimum atomic E-state index is -3.74. The first-order valence-electron chi connectivity index (χ1n) is 10.1. The normalized spacial score (nSPS) is 20.7. The first kappa shape index (κ1) is 21.9. The van der Waals surface area contributed by atoms with Gasteiger partial charge in [-0.2, -0.15) is 4.31 Å². The number of piperidine rings is 1.